The average Bonchev–Trinajstić information content (AvgIpc) is 2.37. The third-order valence-electron chi connectivity index (χ3n) is 2.52. The van der Waals surface area contributed by atoms with Gasteiger partial charge in [0, 0.05) is 19.3 Å². The van der Waals surface area contributed by atoms with Crippen LogP contribution in [-0.4, -0.2) is 31.8 Å². The summed E-state index contributed by atoms with van der Waals surface area (Å²) in [6.07, 6.45) is 0.132. The summed E-state index contributed by atoms with van der Waals surface area (Å²) in [5.74, 6) is 0.666. The summed E-state index contributed by atoms with van der Waals surface area (Å²) in [7, 11) is 1.54. The zero-order valence-corrected chi connectivity index (χ0v) is 11.7. The Labute approximate surface area is 114 Å². The van der Waals surface area contributed by atoms with E-state index >= 15 is 0 Å². The van der Waals surface area contributed by atoms with E-state index in [9.17, 15) is 4.79 Å². The van der Waals surface area contributed by atoms with Gasteiger partial charge in [-0.25, -0.2) is 0 Å². The highest BCUT2D eigenvalue weighted by Gasteiger charge is 2.11. The van der Waals surface area contributed by atoms with E-state index in [4.69, 9.17) is 15.2 Å². The second-order valence-electron chi connectivity index (χ2n) is 4.54. The molecule has 0 fully saturated rings. The molecule has 5 nitrogen and oxygen atoms in total. The molecule has 1 aromatic carbocycles. The van der Waals surface area contributed by atoms with Gasteiger partial charge in [-0.05, 0) is 38.1 Å². The number of anilines is 1. The minimum atomic E-state index is -0.247. The van der Waals surface area contributed by atoms with Crippen molar-refractivity contribution in [2.45, 2.75) is 32.5 Å². The van der Waals surface area contributed by atoms with E-state index in [1.807, 2.05) is 26.0 Å². The summed E-state index contributed by atoms with van der Waals surface area (Å²) in [4.78, 5) is 11.7. The lowest BCUT2D eigenvalue weighted by Crippen LogP contribution is -2.28. The SMILES string of the molecule is COC(CN)CC(=O)Nc1ccc(OC(C)C)cc1. The van der Waals surface area contributed by atoms with Crippen molar-refractivity contribution in [2.75, 3.05) is 19.0 Å². The van der Waals surface area contributed by atoms with E-state index in [0.717, 1.165) is 11.4 Å². The van der Waals surface area contributed by atoms with E-state index in [1.165, 1.54) is 0 Å². The fourth-order valence-corrected chi connectivity index (χ4v) is 1.57. The maximum atomic E-state index is 11.7. The Morgan fingerprint density at radius 3 is 2.42 bits per heavy atom. The summed E-state index contributed by atoms with van der Waals surface area (Å²) >= 11 is 0. The van der Waals surface area contributed by atoms with Crippen LogP contribution in [0.25, 0.3) is 0 Å². The Morgan fingerprint density at radius 2 is 1.95 bits per heavy atom. The second kappa shape index (κ2) is 7.76. The molecule has 0 saturated heterocycles. The number of carbonyl (C=O) groups excluding carboxylic acids is 1. The van der Waals surface area contributed by atoms with E-state index in [2.05, 4.69) is 5.32 Å². The van der Waals surface area contributed by atoms with Crippen molar-refractivity contribution in [3.63, 3.8) is 0 Å². The second-order valence-corrected chi connectivity index (χ2v) is 4.54. The number of carbonyl (C=O) groups is 1. The molecule has 3 N–H and O–H groups in total. The third-order valence-corrected chi connectivity index (χ3v) is 2.52. The molecule has 1 atom stereocenters. The first-order valence-electron chi connectivity index (χ1n) is 6.34. The molecule has 1 unspecified atom stereocenters. The average molecular weight is 266 g/mol. The van der Waals surface area contributed by atoms with Crippen molar-refractivity contribution in [2.24, 2.45) is 5.73 Å². The van der Waals surface area contributed by atoms with Crippen LogP contribution in [0.4, 0.5) is 5.69 Å². The summed E-state index contributed by atoms with van der Waals surface area (Å²) < 4.78 is 10.6. The molecule has 19 heavy (non-hydrogen) atoms. The van der Waals surface area contributed by atoms with Crippen molar-refractivity contribution >= 4 is 11.6 Å². The molecule has 106 valence electrons. The van der Waals surface area contributed by atoms with Crippen LogP contribution < -0.4 is 15.8 Å². The zero-order valence-electron chi connectivity index (χ0n) is 11.7. The van der Waals surface area contributed by atoms with Gasteiger partial charge < -0.3 is 20.5 Å². The van der Waals surface area contributed by atoms with E-state index < -0.39 is 0 Å². The molecule has 1 aromatic rings. The molecular formula is C14H22N2O3. The standard InChI is InChI=1S/C14H22N2O3/c1-10(2)19-12-6-4-11(5-7-12)16-14(17)8-13(9-15)18-3/h4-7,10,13H,8-9,15H2,1-3H3,(H,16,17). The largest absolute Gasteiger partial charge is 0.491 e. The Balaban J connectivity index is 2.50. The molecule has 1 amide bonds. The molecule has 0 radical (unpaired) electrons. The number of hydrogen-bond acceptors (Lipinski definition) is 4. The number of methoxy groups -OCH3 is 1. The fraction of sp³-hybridized carbons (Fsp3) is 0.500. The van der Waals surface area contributed by atoms with Gasteiger partial charge in [0.05, 0.1) is 18.6 Å². The molecular weight excluding hydrogens is 244 g/mol. The molecule has 0 aromatic heterocycles. The summed E-state index contributed by atoms with van der Waals surface area (Å²) in [5.41, 5.74) is 6.20. The number of ether oxygens (including phenoxy) is 2. The molecule has 0 saturated carbocycles. The molecule has 1 rings (SSSR count). The first-order valence-corrected chi connectivity index (χ1v) is 6.34. The zero-order chi connectivity index (χ0) is 14.3. The molecule has 0 bridgehead atoms. The van der Waals surface area contributed by atoms with E-state index in [-0.39, 0.29) is 24.5 Å². The highest BCUT2D eigenvalue weighted by Crippen LogP contribution is 2.17. The molecule has 0 aliphatic heterocycles. The van der Waals surface area contributed by atoms with E-state index in [1.54, 1.807) is 19.2 Å². The smallest absolute Gasteiger partial charge is 0.227 e. The maximum absolute atomic E-state index is 11.7. The van der Waals surface area contributed by atoms with Crippen LogP contribution in [0.1, 0.15) is 20.3 Å². The van der Waals surface area contributed by atoms with Crippen molar-refractivity contribution < 1.29 is 14.3 Å². The van der Waals surface area contributed by atoms with Crippen LogP contribution in [0.15, 0.2) is 24.3 Å². The number of benzene rings is 1. The van der Waals surface area contributed by atoms with Gasteiger partial charge in [-0.3, -0.25) is 4.79 Å². The van der Waals surface area contributed by atoms with Crippen LogP contribution in [0.3, 0.4) is 0 Å². The predicted octanol–water partition coefficient (Wildman–Crippen LogP) is 1.78. The number of amides is 1. The summed E-state index contributed by atoms with van der Waals surface area (Å²) in [6.45, 7) is 4.26. The molecule has 5 heteroatoms. The van der Waals surface area contributed by atoms with Crippen molar-refractivity contribution in [3.8, 4) is 5.75 Å². The Kier molecular flexibility index (Phi) is 6.32. The van der Waals surface area contributed by atoms with E-state index in [0.29, 0.717) is 6.54 Å². The van der Waals surface area contributed by atoms with Crippen LogP contribution in [0.2, 0.25) is 0 Å². The first kappa shape index (κ1) is 15.5. The maximum Gasteiger partial charge on any atom is 0.227 e. The number of rotatable bonds is 7. The molecule has 0 aliphatic rings. The van der Waals surface area contributed by atoms with Crippen molar-refractivity contribution in [3.05, 3.63) is 24.3 Å². The summed E-state index contributed by atoms with van der Waals surface area (Å²) in [5, 5.41) is 2.79. The molecule has 0 heterocycles. The van der Waals surface area contributed by atoms with Crippen molar-refractivity contribution in [1.29, 1.82) is 0 Å². The minimum absolute atomic E-state index is 0.116. The summed E-state index contributed by atoms with van der Waals surface area (Å²) in [6, 6.07) is 7.26. The Bertz CT molecular complexity index is 386. The van der Waals surface area contributed by atoms with Gasteiger partial charge in [-0.15, -0.1) is 0 Å². The highest BCUT2D eigenvalue weighted by atomic mass is 16.5. The van der Waals surface area contributed by atoms with Gasteiger partial charge in [-0.1, -0.05) is 0 Å². The van der Waals surface area contributed by atoms with Crippen LogP contribution >= 0.6 is 0 Å². The van der Waals surface area contributed by atoms with Crippen molar-refractivity contribution in [1.82, 2.24) is 0 Å². The lowest BCUT2D eigenvalue weighted by atomic mass is 10.2. The monoisotopic (exact) mass is 266 g/mol. The Hall–Kier alpha value is -1.59. The normalized spacial score (nSPS) is 12.3. The Morgan fingerprint density at radius 1 is 1.32 bits per heavy atom. The lowest BCUT2D eigenvalue weighted by Gasteiger charge is -2.13. The number of nitrogens with one attached hydrogen (secondary N) is 1. The number of hydrogen-bond donors (Lipinski definition) is 2. The first-order chi connectivity index (χ1) is 9.05. The fourth-order valence-electron chi connectivity index (χ4n) is 1.57. The highest BCUT2D eigenvalue weighted by molar-refractivity contribution is 5.91. The minimum Gasteiger partial charge on any atom is -0.491 e. The predicted molar refractivity (Wildman–Crippen MR) is 75.3 cm³/mol. The van der Waals surface area contributed by atoms with Gasteiger partial charge in [0.15, 0.2) is 0 Å². The van der Waals surface area contributed by atoms with Gasteiger partial charge >= 0.3 is 0 Å². The van der Waals surface area contributed by atoms with Crippen LogP contribution in [0.5, 0.6) is 5.75 Å². The van der Waals surface area contributed by atoms with Gasteiger partial charge in [0.1, 0.15) is 5.75 Å². The molecule has 0 spiro atoms. The topological polar surface area (TPSA) is 73.6 Å². The third kappa shape index (κ3) is 5.72. The quantitative estimate of drug-likeness (QED) is 0.789. The lowest BCUT2D eigenvalue weighted by molar-refractivity contribution is -0.118. The molecule has 0 aliphatic carbocycles. The van der Waals surface area contributed by atoms with Crippen LogP contribution in [0, 0.1) is 0 Å². The van der Waals surface area contributed by atoms with Gasteiger partial charge in [-0.2, -0.15) is 0 Å². The van der Waals surface area contributed by atoms with Gasteiger partial charge in [0.2, 0.25) is 5.91 Å². The van der Waals surface area contributed by atoms with Gasteiger partial charge in [0.25, 0.3) is 0 Å². The number of nitrogens with two attached hydrogens (primary N) is 1. The van der Waals surface area contributed by atoms with Crippen LogP contribution in [-0.2, 0) is 9.53 Å².